The minimum atomic E-state index is -1.42. The number of carbonyl (C=O) groups is 1. The van der Waals surface area contributed by atoms with Crippen LogP contribution < -0.4 is 0 Å². The molecule has 0 aromatic rings. The molecular formula is C26H44O7. The molecule has 0 spiro atoms. The summed E-state index contributed by atoms with van der Waals surface area (Å²) in [5, 5.41) is 29.8. The maximum atomic E-state index is 12.0. The van der Waals surface area contributed by atoms with Gasteiger partial charge in [-0.05, 0) is 45.4 Å². The second kappa shape index (κ2) is 18.9. The van der Waals surface area contributed by atoms with Gasteiger partial charge in [-0.25, -0.2) is 0 Å². The van der Waals surface area contributed by atoms with Gasteiger partial charge in [-0.2, -0.15) is 0 Å². The van der Waals surface area contributed by atoms with Crippen molar-refractivity contribution < 1.29 is 34.3 Å². The summed E-state index contributed by atoms with van der Waals surface area (Å²) < 4.78 is 15.8. The molecule has 1 rings (SSSR count). The van der Waals surface area contributed by atoms with Crippen molar-refractivity contribution in [1.29, 1.82) is 0 Å². The molecule has 3 N–H and O–H groups in total. The molecule has 0 aromatic heterocycles. The van der Waals surface area contributed by atoms with Gasteiger partial charge in [0.15, 0.2) is 6.29 Å². The Morgan fingerprint density at radius 2 is 1.45 bits per heavy atom. The average molecular weight is 469 g/mol. The predicted octanol–water partition coefficient (Wildman–Crippen LogP) is 3.96. The van der Waals surface area contributed by atoms with Crippen LogP contribution in [0.15, 0.2) is 36.5 Å². The van der Waals surface area contributed by atoms with Gasteiger partial charge < -0.3 is 29.5 Å². The minimum Gasteiger partial charge on any atom is -0.463 e. The molecule has 1 fully saturated rings. The van der Waals surface area contributed by atoms with E-state index in [4.69, 9.17) is 14.2 Å². The Hall–Kier alpha value is -1.51. The predicted molar refractivity (Wildman–Crippen MR) is 129 cm³/mol. The van der Waals surface area contributed by atoms with Crippen LogP contribution in [0.1, 0.15) is 78.1 Å². The van der Waals surface area contributed by atoms with E-state index in [0.29, 0.717) is 6.42 Å². The smallest absolute Gasteiger partial charge is 0.305 e. The molecule has 0 saturated carbocycles. The van der Waals surface area contributed by atoms with Crippen LogP contribution in [-0.2, 0) is 19.0 Å². The molecule has 1 heterocycles. The average Bonchev–Trinajstić information content (AvgIpc) is 2.81. The third-order valence-corrected chi connectivity index (χ3v) is 5.44. The number of ether oxygens (including phenoxy) is 3. The largest absolute Gasteiger partial charge is 0.463 e. The number of rotatable bonds is 17. The van der Waals surface area contributed by atoms with E-state index >= 15 is 0 Å². The van der Waals surface area contributed by atoms with Crippen molar-refractivity contribution >= 4 is 5.97 Å². The first kappa shape index (κ1) is 29.5. The van der Waals surface area contributed by atoms with Gasteiger partial charge in [0.2, 0.25) is 0 Å². The van der Waals surface area contributed by atoms with Crippen molar-refractivity contribution in [3.05, 3.63) is 36.5 Å². The van der Waals surface area contributed by atoms with E-state index < -0.39 is 30.7 Å². The fraction of sp³-hybridized carbons (Fsp3) is 0.731. The summed E-state index contributed by atoms with van der Waals surface area (Å²) in [5.74, 6) is -0.361. The third-order valence-electron chi connectivity index (χ3n) is 5.44. The van der Waals surface area contributed by atoms with Gasteiger partial charge in [0, 0.05) is 13.0 Å². The van der Waals surface area contributed by atoms with Crippen molar-refractivity contribution in [2.75, 3.05) is 13.2 Å². The van der Waals surface area contributed by atoms with Crippen LogP contribution in [0.2, 0.25) is 0 Å². The number of carbonyl (C=O) groups excluding carboxylic acids is 1. The van der Waals surface area contributed by atoms with E-state index in [1.165, 1.54) is 0 Å². The van der Waals surface area contributed by atoms with Gasteiger partial charge in [-0.15, -0.1) is 0 Å². The van der Waals surface area contributed by atoms with Crippen LogP contribution >= 0.6 is 0 Å². The lowest BCUT2D eigenvalue weighted by Crippen LogP contribution is -2.59. The number of esters is 1. The lowest BCUT2D eigenvalue weighted by Gasteiger charge is -2.39. The van der Waals surface area contributed by atoms with E-state index in [-0.39, 0.29) is 19.2 Å². The molecular weight excluding hydrogens is 424 g/mol. The summed E-state index contributed by atoms with van der Waals surface area (Å²) in [5.41, 5.74) is 0. The van der Waals surface area contributed by atoms with Gasteiger partial charge in [0.05, 0.1) is 0 Å². The Labute approximate surface area is 199 Å². The van der Waals surface area contributed by atoms with Crippen molar-refractivity contribution in [3.63, 3.8) is 0 Å². The second-order valence-electron chi connectivity index (χ2n) is 8.25. The van der Waals surface area contributed by atoms with Gasteiger partial charge in [-0.3, -0.25) is 4.79 Å². The summed E-state index contributed by atoms with van der Waals surface area (Å²) in [6.45, 7) is 3.95. The number of unbranched alkanes of at least 4 members (excludes halogenated alkanes) is 5. The van der Waals surface area contributed by atoms with Crippen molar-refractivity contribution in [2.45, 2.75) is 109 Å². The highest BCUT2D eigenvalue weighted by Crippen LogP contribution is 2.22. The highest BCUT2D eigenvalue weighted by molar-refractivity contribution is 5.69. The zero-order chi connectivity index (χ0) is 24.3. The fourth-order valence-electron chi connectivity index (χ4n) is 3.49. The summed E-state index contributed by atoms with van der Waals surface area (Å²) in [4.78, 5) is 12.0. The molecule has 1 saturated heterocycles. The molecule has 0 radical (unpaired) electrons. The van der Waals surface area contributed by atoms with Gasteiger partial charge in [0.25, 0.3) is 0 Å². The lowest BCUT2D eigenvalue weighted by molar-refractivity contribution is -0.300. The van der Waals surface area contributed by atoms with Crippen molar-refractivity contribution in [1.82, 2.24) is 0 Å². The summed E-state index contributed by atoms with van der Waals surface area (Å²) in [6, 6.07) is 0. The third kappa shape index (κ3) is 13.1. The van der Waals surface area contributed by atoms with Crippen molar-refractivity contribution in [2.24, 2.45) is 0 Å². The molecule has 0 aromatic carbocycles. The lowest BCUT2D eigenvalue weighted by atomic mass is 9.99. The van der Waals surface area contributed by atoms with Gasteiger partial charge >= 0.3 is 5.97 Å². The standard InChI is InChI=1S/C26H44O7/c1-3-5-6-7-8-9-10-11-12-13-14-15-16-17-18-19-22(27)32-20-21-23(28)24(29)25(30)26(33-21)31-4-2/h5-6,8-9,11-12,21,23-26,28-30H,3-4,7,10,13-20H2,1-2H3/b6-5?,9-8-,12-11-/t21-,23-,24+,25-,26+/m1/s1. The molecule has 1 aliphatic heterocycles. The van der Waals surface area contributed by atoms with E-state index in [1.54, 1.807) is 6.92 Å². The highest BCUT2D eigenvalue weighted by Gasteiger charge is 2.44. The zero-order valence-corrected chi connectivity index (χ0v) is 20.3. The molecule has 0 aliphatic carbocycles. The van der Waals surface area contributed by atoms with Crippen LogP contribution in [-0.4, -0.2) is 65.2 Å². The van der Waals surface area contributed by atoms with E-state index in [9.17, 15) is 20.1 Å². The second-order valence-corrected chi connectivity index (χ2v) is 8.25. The first-order chi connectivity index (χ1) is 16.0. The molecule has 0 unspecified atom stereocenters. The number of hydrogen-bond acceptors (Lipinski definition) is 7. The first-order valence-corrected chi connectivity index (χ1v) is 12.4. The topological polar surface area (TPSA) is 105 Å². The molecule has 7 heteroatoms. The van der Waals surface area contributed by atoms with Crippen LogP contribution in [0.25, 0.3) is 0 Å². The molecule has 0 bridgehead atoms. The normalized spacial score (nSPS) is 26.0. The molecule has 7 nitrogen and oxygen atoms in total. The van der Waals surface area contributed by atoms with Gasteiger partial charge in [-0.1, -0.05) is 62.6 Å². The summed E-state index contributed by atoms with van der Waals surface area (Å²) in [6.07, 6.45) is 16.6. The Kier molecular flexibility index (Phi) is 16.9. The Morgan fingerprint density at radius 3 is 2.15 bits per heavy atom. The summed E-state index contributed by atoms with van der Waals surface area (Å²) in [7, 11) is 0. The number of hydrogen-bond donors (Lipinski definition) is 3. The molecule has 1 aliphatic rings. The minimum absolute atomic E-state index is 0.190. The molecule has 0 amide bonds. The Morgan fingerprint density at radius 1 is 0.818 bits per heavy atom. The first-order valence-electron chi connectivity index (χ1n) is 12.4. The molecule has 5 atom stereocenters. The van der Waals surface area contributed by atoms with E-state index in [2.05, 4.69) is 43.4 Å². The van der Waals surface area contributed by atoms with Crippen LogP contribution in [0.4, 0.5) is 0 Å². The Bertz CT molecular complexity index is 587. The number of aliphatic hydroxyl groups excluding tert-OH is 3. The van der Waals surface area contributed by atoms with Crippen LogP contribution in [0, 0.1) is 0 Å². The zero-order valence-electron chi connectivity index (χ0n) is 20.3. The number of aliphatic hydroxyl groups is 3. The molecule has 190 valence electrons. The maximum Gasteiger partial charge on any atom is 0.305 e. The van der Waals surface area contributed by atoms with E-state index in [1.807, 2.05) is 0 Å². The fourth-order valence-corrected chi connectivity index (χ4v) is 3.49. The highest BCUT2D eigenvalue weighted by atomic mass is 16.7. The quantitative estimate of drug-likeness (QED) is 0.169. The maximum absolute atomic E-state index is 12.0. The summed E-state index contributed by atoms with van der Waals surface area (Å²) >= 11 is 0. The van der Waals surface area contributed by atoms with Crippen LogP contribution in [0.5, 0.6) is 0 Å². The van der Waals surface area contributed by atoms with E-state index in [0.717, 1.165) is 57.8 Å². The Balaban J connectivity index is 2.04. The van der Waals surface area contributed by atoms with Gasteiger partial charge in [0.1, 0.15) is 31.0 Å². The monoisotopic (exact) mass is 468 g/mol. The number of allylic oxidation sites excluding steroid dienone is 6. The SMILES string of the molecule is CCC=CC/C=C\C/C=C\CCCCCCCC(=O)OC[C@H]1O[C@H](OCC)[C@H](O)[C@@H](O)[C@@H]1O. The van der Waals surface area contributed by atoms with Crippen LogP contribution in [0.3, 0.4) is 0 Å². The van der Waals surface area contributed by atoms with Crippen molar-refractivity contribution in [3.8, 4) is 0 Å². The molecule has 33 heavy (non-hydrogen) atoms.